The van der Waals surface area contributed by atoms with Crippen molar-refractivity contribution in [2.45, 2.75) is 33.0 Å². The third kappa shape index (κ3) is 6.45. The molecule has 1 amide bonds. The van der Waals surface area contributed by atoms with Gasteiger partial charge in [-0.2, -0.15) is 0 Å². The number of hydrogen-bond acceptors (Lipinski definition) is 5. The van der Waals surface area contributed by atoms with E-state index in [2.05, 4.69) is 35.8 Å². The number of ether oxygens (including phenoxy) is 2. The van der Waals surface area contributed by atoms with Gasteiger partial charge in [-0.25, -0.2) is 0 Å². The molecule has 168 valence electrons. The van der Waals surface area contributed by atoms with E-state index in [0.717, 1.165) is 49.8 Å². The molecule has 0 unspecified atom stereocenters. The van der Waals surface area contributed by atoms with E-state index < -0.39 is 0 Å². The highest BCUT2D eigenvalue weighted by molar-refractivity contribution is 5.78. The maximum absolute atomic E-state index is 13.0. The molecule has 0 bridgehead atoms. The predicted molar refractivity (Wildman–Crippen MR) is 123 cm³/mol. The van der Waals surface area contributed by atoms with E-state index in [1.807, 2.05) is 41.3 Å². The molecule has 1 aliphatic heterocycles. The van der Waals surface area contributed by atoms with E-state index in [-0.39, 0.29) is 11.9 Å². The van der Waals surface area contributed by atoms with Crippen molar-refractivity contribution in [1.29, 1.82) is 0 Å². The molecule has 6 nitrogen and oxygen atoms in total. The first-order chi connectivity index (χ1) is 15.0. The number of methoxy groups -OCH3 is 2. The average Bonchev–Trinajstić information content (AvgIpc) is 2.79. The smallest absolute Gasteiger partial charge is 0.237 e. The van der Waals surface area contributed by atoms with Crippen LogP contribution in [0.1, 0.15) is 25.0 Å². The van der Waals surface area contributed by atoms with Gasteiger partial charge in [-0.05, 0) is 37.6 Å². The Hall–Kier alpha value is -2.57. The minimum Gasteiger partial charge on any atom is -0.497 e. The van der Waals surface area contributed by atoms with Crippen LogP contribution in [0, 0.1) is 0 Å². The van der Waals surface area contributed by atoms with Gasteiger partial charge in [-0.3, -0.25) is 14.6 Å². The van der Waals surface area contributed by atoms with Crippen molar-refractivity contribution >= 4 is 5.91 Å². The lowest BCUT2D eigenvalue weighted by molar-refractivity contribution is -0.135. The van der Waals surface area contributed by atoms with Gasteiger partial charge < -0.3 is 14.4 Å². The zero-order chi connectivity index (χ0) is 22.2. The second-order valence-electron chi connectivity index (χ2n) is 8.33. The molecule has 0 aliphatic carbocycles. The standard InChI is InChI=1S/C25H35N3O3/c1-20(2)28(17-21-8-6-5-7-9-21)25(29)19-27-14-12-26(13-15-27)18-22-16-23(30-3)10-11-24(22)31-4/h5-11,16,20H,12-15,17-19H2,1-4H3. The number of benzene rings is 2. The van der Waals surface area contributed by atoms with Gasteiger partial charge >= 0.3 is 0 Å². The van der Waals surface area contributed by atoms with E-state index in [1.165, 1.54) is 5.56 Å². The topological polar surface area (TPSA) is 45.3 Å². The van der Waals surface area contributed by atoms with Gasteiger partial charge in [0.2, 0.25) is 5.91 Å². The Balaban J connectivity index is 1.53. The van der Waals surface area contributed by atoms with Crippen molar-refractivity contribution in [2.75, 3.05) is 46.9 Å². The molecule has 0 saturated carbocycles. The van der Waals surface area contributed by atoms with Gasteiger partial charge in [0.15, 0.2) is 0 Å². The number of nitrogens with zero attached hydrogens (tertiary/aromatic N) is 3. The summed E-state index contributed by atoms with van der Waals surface area (Å²) in [5.41, 5.74) is 2.29. The summed E-state index contributed by atoms with van der Waals surface area (Å²) in [6.45, 7) is 9.73. The first-order valence-electron chi connectivity index (χ1n) is 11.0. The monoisotopic (exact) mass is 425 g/mol. The van der Waals surface area contributed by atoms with Crippen LogP contribution in [0.4, 0.5) is 0 Å². The van der Waals surface area contributed by atoms with Gasteiger partial charge in [0, 0.05) is 50.9 Å². The molecule has 0 N–H and O–H groups in total. The Morgan fingerprint density at radius 1 is 0.968 bits per heavy atom. The molecule has 0 spiro atoms. The number of carbonyl (C=O) groups is 1. The van der Waals surface area contributed by atoms with E-state index in [4.69, 9.17) is 9.47 Å². The zero-order valence-corrected chi connectivity index (χ0v) is 19.2. The summed E-state index contributed by atoms with van der Waals surface area (Å²) in [6.07, 6.45) is 0. The largest absolute Gasteiger partial charge is 0.497 e. The molecule has 31 heavy (non-hydrogen) atoms. The summed E-state index contributed by atoms with van der Waals surface area (Å²) in [6, 6.07) is 16.3. The van der Waals surface area contributed by atoms with Crippen LogP contribution in [0.3, 0.4) is 0 Å². The molecule has 2 aromatic carbocycles. The fraction of sp³-hybridized carbons (Fsp3) is 0.480. The van der Waals surface area contributed by atoms with Crippen molar-refractivity contribution in [3.05, 3.63) is 59.7 Å². The molecule has 1 aliphatic rings. The average molecular weight is 426 g/mol. The van der Waals surface area contributed by atoms with Crippen molar-refractivity contribution in [2.24, 2.45) is 0 Å². The van der Waals surface area contributed by atoms with Crippen LogP contribution in [0.25, 0.3) is 0 Å². The van der Waals surface area contributed by atoms with Gasteiger partial charge in [-0.1, -0.05) is 30.3 Å². The Bertz CT molecular complexity index is 833. The minimum absolute atomic E-state index is 0.175. The predicted octanol–water partition coefficient (Wildman–Crippen LogP) is 3.26. The Morgan fingerprint density at radius 2 is 1.65 bits per heavy atom. The molecule has 6 heteroatoms. The lowest BCUT2D eigenvalue weighted by atomic mass is 10.1. The van der Waals surface area contributed by atoms with Crippen LogP contribution in [-0.2, 0) is 17.9 Å². The summed E-state index contributed by atoms with van der Waals surface area (Å²) in [5.74, 6) is 1.92. The summed E-state index contributed by atoms with van der Waals surface area (Å²) in [5, 5.41) is 0. The molecule has 2 aromatic rings. The summed E-state index contributed by atoms with van der Waals surface area (Å²) >= 11 is 0. The number of rotatable bonds is 9. The molecule has 1 saturated heterocycles. The third-order valence-corrected chi connectivity index (χ3v) is 5.84. The second kappa shape index (κ2) is 11.2. The maximum Gasteiger partial charge on any atom is 0.237 e. The number of hydrogen-bond donors (Lipinski definition) is 0. The van der Waals surface area contributed by atoms with E-state index in [0.29, 0.717) is 13.1 Å². The normalized spacial score (nSPS) is 15.1. The van der Waals surface area contributed by atoms with Gasteiger partial charge in [-0.15, -0.1) is 0 Å². The third-order valence-electron chi connectivity index (χ3n) is 5.84. The van der Waals surface area contributed by atoms with Crippen molar-refractivity contribution < 1.29 is 14.3 Å². The van der Waals surface area contributed by atoms with Crippen LogP contribution < -0.4 is 9.47 Å². The number of carbonyl (C=O) groups excluding carboxylic acids is 1. The molecule has 1 fully saturated rings. The van der Waals surface area contributed by atoms with Crippen LogP contribution >= 0.6 is 0 Å². The molecule has 0 aromatic heterocycles. The van der Waals surface area contributed by atoms with E-state index >= 15 is 0 Å². The SMILES string of the molecule is COc1ccc(OC)c(CN2CCN(CC(=O)N(Cc3ccccc3)C(C)C)CC2)c1. The van der Waals surface area contributed by atoms with Gasteiger partial charge in [0.25, 0.3) is 0 Å². The highest BCUT2D eigenvalue weighted by Gasteiger charge is 2.24. The molecule has 0 radical (unpaired) electrons. The fourth-order valence-corrected chi connectivity index (χ4v) is 3.97. The molecule has 1 heterocycles. The Morgan fingerprint density at radius 3 is 2.26 bits per heavy atom. The van der Waals surface area contributed by atoms with Crippen molar-refractivity contribution in [3.63, 3.8) is 0 Å². The van der Waals surface area contributed by atoms with E-state index in [1.54, 1.807) is 14.2 Å². The highest BCUT2D eigenvalue weighted by Crippen LogP contribution is 2.25. The number of piperazine rings is 1. The van der Waals surface area contributed by atoms with Crippen molar-refractivity contribution in [3.8, 4) is 11.5 Å². The van der Waals surface area contributed by atoms with E-state index in [9.17, 15) is 4.79 Å². The van der Waals surface area contributed by atoms with Crippen LogP contribution in [0.2, 0.25) is 0 Å². The summed E-state index contributed by atoms with van der Waals surface area (Å²) < 4.78 is 10.9. The molecule has 3 rings (SSSR count). The van der Waals surface area contributed by atoms with Crippen LogP contribution in [-0.4, -0.2) is 73.6 Å². The van der Waals surface area contributed by atoms with Gasteiger partial charge in [0.05, 0.1) is 20.8 Å². The second-order valence-corrected chi connectivity index (χ2v) is 8.33. The first kappa shape index (κ1) is 23.1. The molecular weight excluding hydrogens is 390 g/mol. The van der Waals surface area contributed by atoms with Crippen LogP contribution in [0.15, 0.2) is 48.5 Å². The van der Waals surface area contributed by atoms with Gasteiger partial charge in [0.1, 0.15) is 11.5 Å². The Kier molecular flexibility index (Phi) is 8.32. The lowest BCUT2D eigenvalue weighted by Gasteiger charge is -2.36. The zero-order valence-electron chi connectivity index (χ0n) is 19.2. The summed E-state index contributed by atoms with van der Waals surface area (Å²) in [7, 11) is 3.38. The van der Waals surface area contributed by atoms with Crippen LogP contribution in [0.5, 0.6) is 11.5 Å². The highest BCUT2D eigenvalue weighted by atomic mass is 16.5. The summed E-state index contributed by atoms with van der Waals surface area (Å²) in [4.78, 5) is 19.7. The first-order valence-corrected chi connectivity index (χ1v) is 11.0. The minimum atomic E-state index is 0.175. The Labute approximate surface area is 186 Å². The van der Waals surface area contributed by atoms with Crippen molar-refractivity contribution in [1.82, 2.24) is 14.7 Å². The fourth-order valence-electron chi connectivity index (χ4n) is 3.97. The quantitative estimate of drug-likeness (QED) is 0.617. The lowest BCUT2D eigenvalue weighted by Crippen LogP contribution is -2.50. The number of amides is 1. The molecular formula is C25H35N3O3. The molecule has 0 atom stereocenters. The maximum atomic E-state index is 13.0.